The fourth-order valence-corrected chi connectivity index (χ4v) is 1.89. The molecule has 1 aromatic rings. The average Bonchev–Trinajstić information content (AvgIpc) is 2.76. The van der Waals surface area contributed by atoms with Gasteiger partial charge in [-0.25, -0.2) is 17.6 Å². The van der Waals surface area contributed by atoms with Crippen LogP contribution in [0.2, 0.25) is 0 Å². The third-order valence-corrected chi connectivity index (χ3v) is 4.05. The lowest BCUT2D eigenvalue weighted by molar-refractivity contribution is -0.677. The van der Waals surface area contributed by atoms with E-state index < -0.39 is 33.4 Å². The Labute approximate surface area is 141 Å². The van der Waals surface area contributed by atoms with Gasteiger partial charge in [0.1, 0.15) is 12.4 Å². The lowest BCUT2D eigenvalue weighted by Crippen LogP contribution is -2.63. The first-order valence-corrected chi connectivity index (χ1v) is 7.83. The Morgan fingerprint density at radius 2 is 1.46 bits per heavy atom. The molecule has 0 aliphatic heterocycles. The number of aromatic nitrogens is 2. The van der Waals surface area contributed by atoms with Crippen molar-refractivity contribution in [1.29, 1.82) is 0 Å². The van der Waals surface area contributed by atoms with E-state index in [-0.39, 0.29) is 0 Å². The molecule has 0 aromatic carbocycles. The Hall–Kier alpha value is -1.51. The summed E-state index contributed by atoms with van der Waals surface area (Å²) in [5, 5.41) is -7.11. The number of halogens is 9. The third kappa shape index (κ3) is 4.24. The minimum absolute atomic E-state index is 1.06. The van der Waals surface area contributed by atoms with Crippen molar-refractivity contribution in [3.63, 3.8) is 0 Å². The second-order valence-corrected chi connectivity index (χ2v) is 6.28. The lowest BCUT2D eigenvalue weighted by Gasteiger charge is -2.34. The van der Waals surface area contributed by atoms with Gasteiger partial charge in [0.05, 0.1) is 13.6 Å². The average molecular weight is 424 g/mol. The van der Waals surface area contributed by atoms with Crippen molar-refractivity contribution in [3.8, 4) is 0 Å². The Kier molecular flexibility index (Phi) is 6.83. The summed E-state index contributed by atoms with van der Waals surface area (Å²) in [5.74, 6) is -13.5. The van der Waals surface area contributed by atoms with Crippen molar-refractivity contribution in [1.82, 2.24) is 4.57 Å². The molecule has 0 saturated heterocycles. The van der Waals surface area contributed by atoms with Gasteiger partial charge in [0.25, 0.3) is 5.82 Å². The normalized spacial score (nSPS) is 14.0. The summed E-state index contributed by atoms with van der Waals surface area (Å²) >= 11 is 0. The third-order valence-electron chi connectivity index (χ3n) is 3.17. The molecule has 1 heterocycles. The van der Waals surface area contributed by atoms with Crippen molar-refractivity contribution in [3.05, 3.63) is 18.2 Å². The summed E-state index contributed by atoms with van der Waals surface area (Å²) < 4.78 is 140. The highest BCUT2D eigenvalue weighted by molar-refractivity contribution is 7.86. The molecule has 1 rings (SSSR count). The van der Waals surface area contributed by atoms with Crippen LogP contribution in [0.1, 0.15) is 12.7 Å². The van der Waals surface area contributed by atoms with E-state index in [1.165, 1.54) is 5.82 Å². The van der Waals surface area contributed by atoms with E-state index in [9.17, 15) is 52.5 Å². The molecule has 1 aromatic heterocycles. The number of hydrogen-bond donors (Lipinski definition) is 0. The lowest BCUT2D eigenvalue weighted by atomic mass is 10.1. The van der Waals surface area contributed by atoms with Crippen LogP contribution >= 0.6 is 0 Å². The zero-order valence-corrected chi connectivity index (χ0v) is 14.1. The summed E-state index contributed by atoms with van der Waals surface area (Å²) in [6.45, 7) is 5.32. The minimum atomic E-state index is -7.43. The van der Waals surface area contributed by atoms with Crippen LogP contribution < -0.4 is 4.57 Å². The quantitative estimate of drug-likeness (QED) is 0.424. The SMILES string of the molecule is CCn1cc[n+](C)c1C.O=S(=O)([O-])C(F)(F)C(F)(F)C(F)(F)C(F)(F)F. The molecule has 0 unspecified atom stereocenters. The first kappa shape index (κ1) is 24.5. The van der Waals surface area contributed by atoms with Crippen molar-refractivity contribution in [2.45, 2.75) is 43.7 Å². The fraction of sp³-hybridized carbons (Fsp3) is 0.727. The molecule has 154 valence electrons. The van der Waals surface area contributed by atoms with E-state index in [1.807, 2.05) is 0 Å². The van der Waals surface area contributed by atoms with Crippen LogP contribution in [0.4, 0.5) is 39.5 Å². The summed E-state index contributed by atoms with van der Waals surface area (Å²) in [6, 6.07) is 0. The van der Waals surface area contributed by atoms with E-state index in [2.05, 4.69) is 42.4 Å². The first-order chi connectivity index (χ1) is 11.3. The van der Waals surface area contributed by atoms with Gasteiger partial charge in [-0.15, -0.1) is 0 Å². The highest BCUT2D eigenvalue weighted by atomic mass is 32.2. The van der Waals surface area contributed by atoms with Crippen LogP contribution in [0, 0.1) is 6.92 Å². The maximum atomic E-state index is 12.2. The minimum Gasteiger partial charge on any atom is -0.743 e. The zero-order valence-electron chi connectivity index (χ0n) is 13.3. The number of hydrogen-bond acceptors (Lipinski definition) is 3. The van der Waals surface area contributed by atoms with Crippen LogP contribution in [0.25, 0.3) is 0 Å². The second-order valence-electron chi connectivity index (χ2n) is 4.86. The standard InChI is InChI=1S/C7H13N2.C4HF9O3S/c1-4-9-6-5-8(3)7(9)2;5-1(6,3(9,10)11)2(7,8)4(12,13)17(14,15)16/h5-6H,4H2,1-3H3;(H,14,15,16)/q+1;/p-1. The highest BCUT2D eigenvalue weighted by Gasteiger charge is 2.83. The number of imidazole rings is 1. The Bertz CT molecular complexity index is 726. The topological polar surface area (TPSA) is 66.0 Å². The first-order valence-electron chi connectivity index (χ1n) is 6.42. The van der Waals surface area contributed by atoms with Gasteiger partial charge in [0, 0.05) is 6.92 Å². The van der Waals surface area contributed by atoms with Gasteiger partial charge < -0.3 is 4.55 Å². The Balaban J connectivity index is 0.000000577. The van der Waals surface area contributed by atoms with Crippen molar-refractivity contribution in [2.24, 2.45) is 7.05 Å². The summed E-state index contributed by atoms with van der Waals surface area (Å²) in [7, 11) is -5.36. The highest BCUT2D eigenvalue weighted by Crippen LogP contribution is 2.54. The number of nitrogens with zero attached hydrogens (tertiary/aromatic N) is 2. The molecule has 26 heavy (non-hydrogen) atoms. The molecule has 0 N–H and O–H groups in total. The molecule has 0 radical (unpaired) electrons. The maximum Gasteiger partial charge on any atom is 0.460 e. The summed E-state index contributed by atoms with van der Waals surface area (Å²) in [6.07, 6.45) is -3.00. The predicted molar refractivity (Wildman–Crippen MR) is 66.6 cm³/mol. The van der Waals surface area contributed by atoms with Gasteiger partial charge in [0.2, 0.25) is 0 Å². The van der Waals surface area contributed by atoms with Crippen molar-refractivity contribution < 1.29 is 57.1 Å². The van der Waals surface area contributed by atoms with Gasteiger partial charge in [0.15, 0.2) is 10.1 Å². The monoisotopic (exact) mass is 424 g/mol. The van der Waals surface area contributed by atoms with Crippen LogP contribution in [0.3, 0.4) is 0 Å². The van der Waals surface area contributed by atoms with Gasteiger partial charge >= 0.3 is 23.3 Å². The van der Waals surface area contributed by atoms with Crippen molar-refractivity contribution in [2.75, 3.05) is 0 Å². The molecular formula is C11H13F9N2O3S. The largest absolute Gasteiger partial charge is 0.743 e. The van der Waals surface area contributed by atoms with Crippen LogP contribution in [-0.4, -0.2) is 40.8 Å². The van der Waals surface area contributed by atoms with E-state index >= 15 is 0 Å². The van der Waals surface area contributed by atoms with Crippen molar-refractivity contribution >= 4 is 10.1 Å². The van der Waals surface area contributed by atoms with Crippen LogP contribution in [0.15, 0.2) is 12.4 Å². The molecule has 0 fully saturated rings. The maximum absolute atomic E-state index is 12.2. The van der Waals surface area contributed by atoms with Gasteiger partial charge in [-0.05, 0) is 6.92 Å². The molecule has 0 spiro atoms. The van der Waals surface area contributed by atoms with Gasteiger partial charge in [-0.3, -0.25) is 0 Å². The van der Waals surface area contributed by atoms with Crippen LogP contribution in [-0.2, 0) is 23.7 Å². The Morgan fingerprint density at radius 3 is 1.65 bits per heavy atom. The van der Waals surface area contributed by atoms with Gasteiger partial charge in [-0.1, -0.05) is 0 Å². The molecule has 15 heteroatoms. The molecule has 0 atom stereocenters. The number of aryl methyl sites for hydroxylation is 2. The van der Waals surface area contributed by atoms with E-state index in [0.29, 0.717) is 0 Å². The molecule has 5 nitrogen and oxygen atoms in total. The second kappa shape index (κ2) is 7.25. The number of alkyl halides is 9. The molecule has 0 aliphatic rings. The fourth-order valence-electron chi connectivity index (χ4n) is 1.45. The predicted octanol–water partition coefficient (Wildman–Crippen LogP) is 2.60. The molecular weight excluding hydrogens is 411 g/mol. The zero-order chi connectivity index (χ0) is 21.4. The molecule has 0 aliphatic carbocycles. The molecule has 0 amide bonds. The van der Waals surface area contributed by atoms with Crippen LogP contribution in [0.5, 0.6) is 0 Å². The van der Waals surface area contributed by atoms with E-state index in [1.54, 1.807) is 0 Å². The number of rotatable bonds is 4. The molecule has 0 bridgehead atoms. The van der Waals surface area contributed by atoms with E-state index in [0.717, 1.165) is 6.54 Å². The smallest absolute Gasteiger partial charge is 0.460 e. The van der Waals surface area contributed by atoms with E-state index in [4.69, 9.17) is 0 Å². The summed E-state index contributed by atoms with van der Waals surface area (Å²) in [5.41, 5.74) is 0. The molecule has 0 saturated carbocycles. The van der Waals surface area contributed by atoms with Gasteiger partial charge in [-0.2, -0.15) is 39.5 Å². The Morgan fingerprint density at radius 1 is 1.04 bits per heavy atom. The summed E-state index contributed by atoms with van der Waals surface area (Å²) in [4.78, 5) is 0.